The molecule has 0 aliphatic carbocycles. The molecule has 1 aromatic rings. The highest BCUT2D eigenvalue weighted by molar-refractivity contribution is 7.13. The van der Waals surface area contributed by atoms with Crippen LogP contribution in [0.3, 0.4) is 0 Å². The zero-order valence-corrected chi connectivity index (χ0v) is 12.2. The second-order valence-electron chi connectivity index (χ2n) is 3.63. The molecule has 8 heteroatoms. The molecule has 19 heavy (non-hydrogen) atoms. The van der Waals surface area contributed by atoms with Gasteiger partial charge in [0.05, 0.1) is 19.6 Å². The van der Waals surface area contributed by atoms with Crippen LogP contribution >= 0.6 is 11.3 Å². The van der Waals surface area contributed by atoms with Crippen LogP contribution in [0.25, 0.3) is 0 Å². The van der Waals surface area contributed by atoms with Crippen molar-refractivity contribution in [3.63, 3.8) is 0 Å². The molecule has 0 saturated carbocycles. The van der Waals surface area contributed by atoms with Crippen molar-refractivity contribution in [2.45, 2.75) is 20.8 Å². The Bertz CT molecular complexity index is 410. The first-order valence-electron chi connectivity index (χ1n) is 5.98. The van der Waals surface area contributed by atoms with Crippen LogP contribution in [-0.4, -0.2) is 41.4 Å². The van der Waals surface area contributed by atoms with Gasteiger partial charge in [0.2, 0.25) is 0 Å². The molecule has 1 rings (SSSR count). The zero-order valence-electron chi connectivity index (χ0n) is 11.3. The van der Waals surface area contributed by atoms with Crippen molar-refractivity contribution in [3.05, 3.63) is 16.3 Å². The van der Waals surface area contributed by atoms with Crippen molar-refractivity contribution in [1.82, 2.24) is 4.98 Å². The molecule has 1 heterocycles. The minimum Gasteiger partial charge on any atom is -0.791 e. The summed E-state index contributed by atoms with van der Waals surface area (Å²) in [5.74, 6) is -1.41. The van der Waals surface area contributed by atoms with Crippen LogP contribution in [-0.2, 0) is 4.79 Å². The Morgan fingerprint density at radius 2 is 2.00 bits per heavy atom. The number of rotatable bonds is 5. The van der Waals surface area contributed by atoms with Crippen molar-refractivity contribution in [3.8, 4) is 0 Å². The molecule has 7 nitrogen and oxygen atoms in total. The van der Waals surface area contributed by atoms with Crippen LogP contribution in [0.2, 0.25) is 0 Å². The van der Waals surface area contributed by atoms with Crippen LogP contribution in [0.4, 0.5) is 5.13 Å². The monoisotopic (exact) mass is 288 g/mol. The number of aliphatic carboxylic acids is 1. The Balaban J connectivity index is 0.000000399. The van der Waals surface area contributed by atoms with Gasteiger partial charge in [-0.1, -0.05) is 0 Å². The molecule has 0 aromatic carbocycles. The Hall–Kier alpha value is -1.67. The van der Waals surface area contributed by atoms with Gasteiger partial charge in [0.25, 0.3) is 0 Å². The van der Waals surface area contributed by atoms with Crippen LogP contribution in [0, 0.1) is 5.21 Å². The van der Waals surface area contributed by atoms with Crippen molar-refractivity contribution in [2.75, 3.05) is 25.4 Å². The molecule has 0 spiro atoms. The van der Waals surface area contributed by atoms with Crippen molar-refractivity contribution in [2.24, 2.45) is 5.16 Å². The summed E-state index contributed by atoms with van der Waals surface area (Å²) in [4.78, 5) is 15.6. The van der Waals surface area contributed by atoms with Crippen LogP contribution in [0.1, 0.15) is 26.5 Å². The lowest BCUT2D eigenvalue weighted by molar-refractivity contribution is -0.894. The molecule has 0 atom stereocenters. The van der Waals surface area contributed by atoms with Gasteiger partial charge in [-0.05, 0) is 20.8 Å². The van der Waals surface area contributed by atoms with E-state index in [9.17, 15) is 10.0 Å². The van der Waals surface area contributed by atoms with E-state index in [1.165, 1.54) is 25.0 Å². The van der Waals surface area contributed by atoms with E-state index in [-0.39, 0.29) is 10.8 Å². The molecule has 0 amide bonds. The molecule has 1 aromatic heterocycles. The van der Waals surface area contributed by atoms with Gasteiger partial charge in [-0.2, -0.15) is 0 Å². The molecule has 4 N–H and O–H groups in total. The predicted octanol–water partition coefficient (Wildman–Crippen LogP) is 0.0278. The third kappa shape index (κ3) is 6.16. The highest BCUT2D eigenvalue weighted by Gasteiger charge is 2.13. The smallest absolute Gasteiger partial charge is 0.355 e. The molecule has 108 valence electrons. The lowest BCUT2D eigenvalue weighted by Crippen LogP contribution is -3.11. The first-order valence-corrected chi connectivity index (χ1v) is 6.86. The number of quaternary nitrogens is 1. The number of carboxylic acid groups (broad SMARTS) is 1. The van der Waals surface area contributed by atoms with Gasteiger partial charge in [0, 0.05) is 5.38 Å². The molecule has 0 radical (unpaired) electrons. The van der Waals surface area contributed by atoms with Gasteiger partial charge < -0.3 is 26.1 Å². The number of hydrogen-bond donors (Lipinski definition) is 3. The largest absolute Gasteiger partial charge is 0.791 e. The fourth-order valence-corrected chi connectivity index (χ4v) is 1.89. The summed E-state index contributed by atoms with van der Waals surface area (Å²) >= 11 is 1.05. The number of carboxylic acids is 1. The maximum absolute atomic E-state index is 10.3. The Morgan fingerprint density at radius 1 is 1.47 bits per heavy atom. The molecule has 0 aliphatic rings. The first kappa shape index (κ1) is 17.3. The van der Waals surface area contributed by atoms with E-state index in [2.05, 4.69) is 30.9 Å². The summed E-state index contributed by atoms with van der Waals surface area (Å²) in [7, 11) is 0. The average molecular weight is 288 g/mol. The Kier molecular flexibility index (Phi) is 8.47. The first-order chi connectivity index (χ1) is 8.99. The van der Waals surface area contributed by atoms with E-state index in [1.807, 2.05) is 0 Å². The fourth-order valence-electron chi connectivity index (χ4n) is 1.34. The van der Waals surface area contributed by atoms with Crippen LogP contribution in [0.5, 0.6) is 0 Å². The maximum Gasteiger partial charge on any atom is 0.355 e. The number of nitrogens with two attached hydrogens (primary N) is 1. The van der Waals surface area contributed by atoms with E-state index in [4.69, 9.17) is 10.8 Å². The summed E-state index contributed by atoms with van der Waals surface area (Å²) < 4.78 is 0. The summed E-state index contributed by atoms with van der Waals surface area (Å²) in [6, 6.07) is 0. The van der Waals surface area contributed by atoms with Crippen molar-refractivity contribution < 1.29 is 14.8 Å². The Morgan fingerprint density at radius 3 is 2.21 bits per heavy atom. The van der Waals surface area contributed by atoms with Gasteiger partial charge in [0.15, 0.2) is 10.8 Å². The van der Waals surface area contributed by atoms with Gasteiger partial charge in [-0.15, -0.1) is 11.3 Å². The Labute approximate surface area is 116 Å². The molecule has 0 unspecified atom stereocenters. The molecular formula is C11H20N4O3S. The van der Waals surface area contributed by atoms with E-state index < -0.39 is 11.7 Å². The maximum atomic E-state index is 10.3. The third-order valence-electron chi connectivity index (χ3n) is 2.56. The highest BCUT2D eigenvalue weighted by atomic mass is 32.1. The number of nitrogen functional groups attached to an aromatic ring is 1. The lowest BCUT2D eigenvalue weighted by Gasteiger charge is -2.10. The molecule has 0 saturated heterocycles. The number of hydrogen-bond acceptors (Lipinski definition) is 6. The van der Waals surface area contributed by atoms with Gasteiger partial charge in [-0.25, -0.2) is 9.78 Å². The predicted molar refractivity (Wildman–Crippen MR) is 76.7 cm³/mol. The molecule has 0 aliphatic heterocycles. The summed E-state index contributed by atoms with van der Waals surface area (Å²) in [5.41, 5.74) is 4.61. The molecular weight excluding hydrogens is 268 g/mol. The summed E-state index contributed by atoms with van der Waals surface area (Å²) in [6.07, 6.45) is 0. The van der Waals surface area contributed by atoms with E-state index in [0.717, 1.165) is 11.3 Å². The van der Waals surface area contributed by atoms with Crippen molar-refractivity contribution >= 4 is 28.1 Å². The number of nitrogens with one attached hydrogen (secondary N) is 1. The standard InChI is InChI=1S/C6H15N.C5H5N3O3S/c1-4-7(5-2)6-3;6-5-7-2(1-12-5)3(8-11)4(9)10/h4-6H2,1-3H3;1,11H,(H2,6,7)(H,9,10)/b;8-3-. The van der Waals surface area contributed by atoms with E-state index in [1.54, 1.807) is 4.90 Å². The van der Waals surface area contributed by atoms with Gasteiger partial charge in [-0.3, -0.25) is 0 Å². The van der Waals surface area contributed by atoms with Gasteiger partial charge in [0.1, 0.15) is 5.69 Å². The fraction of sp³-hybridized carbons (Fsp3) is 0.545. The number of carbonyl (C=O) groups is 1. The number of thiazole rings is 1. The number of aromatic nitrogens is 1. The topological polar surface area (TPSA) is 116 Å². The second kappa shape index (κ2) is 9.29. The molecule has 0 fully saturated rings. The van der Waals surface area contributed by atoms with E-state index in [0.29, 0.717) is 0 Å². The van der Waals surface area contributed by atoms with Gasteiger partial charge >= 0.3 is 5.97 Å². The van der Waals surface area contributed by atoms with E-state index >= 15 is 0 Å². The lowest BCUT2D eigenvalue weighted by atomic mass is 10.3. The second-order valence-corrected chi connectivity index (χ2v) is 4.52. The van der Waals surface area contributed by atoms with Crippen molar-refractivity contribution in [1.29, 1.82) is 0 Å². The SMILES string of the molecule is CC[NH+](CC)CC.Nc1nc(/C(=N/[O-])C(=O)O)cs1. The average Bonchev–Trinajstić information content (AvgIpc) is 2.79. The molecule has 0 bridgehead atoms. The van der Waals surface area contributed by atoms with Crippen LogP contribution < -0.4 is 10.6 Å². The minimum absolute atomic E-state index is 0.000000000000000222. The van der Waals surface area contributed by atoms with Crippen LogP contribution in [0.15, 0.2) is 10.5 Å². The minimum atomic E-state index is -1.41. The quantitative estimate of drug-likeness (QED) is 0.522. The normalized spacial score (nSPS) is 11.1. The third-order valence-corrected chi connectivity index (χ3v) is 3.23. The number of anilines is 1. The summed E-state index contributed by atoms with van der Waals surface area (Å²) in [6.45, 7) is 10.5. The number of nitrogens with zero attached hydrogens (tertiary/aromatic N) is 2. The zero-order chi connectivity index (χ0) is 14.8. The highest BCUT2D eigenvalue weighted by Crippen LogP contribution is 2.11. The summed E-state index contributed by atoms with van der Waals surface area (Å²) in [5, 5.41) is 22.3.